The van der Waals surface area contributed by atoms with Crippen LogP contribution in [0.3, 0.4) is 0 Å². The Morgan fingerprint density at radius 2 is 1.65 bits per heavy atom. The summed E-state index contributed by atoms with van der Waals surface area (Å²) in [5, 5.41) is 5.73. The molecule has 0 saturated heterocycles. The van der Waals surface area contributed by atoms with Crippen LogP contribution in [0.15, 0.2) is 60.7 Å². The van der Waals surface area contributed by atoms with Crippen LogP contribution in [-0.2, 0) is 11.3 Å². The Bertz CT molecular complexity index is 909. The minimum Gasteiger partial charge on any atom is -0.497 e. The number of ether oxygens (including phenoxy) is 2. The molecule has 0 heterocycles. The lowest BCUT2D eigenvalue weighted by molar-refractivity contribution is -0.127. The summed E-state index contributed by atoms with van der Waals surface area (Å²) < 4.78 is 10.9. The average molecular weight is 370 g/mol. The quantitative estimate of drug-likeness (QED) is 0.691. The second kappa shape index (κ2) is 8.11. The van der Waals surface area contributed by atoms with Gasteiger partial charge >= 0.3 is 0 Å². The first kappa shape index (κ1) is 18.1. The third-order valence-corrected chi connectivity index (χ3v) is 4.33. The molecule has 1 atom stereocenters. The van der Waals surface area contributed by atoms with E-state index in [0.717, 1.165) is 22.1 Å². The fraction of sp³-hybridized carbons (Fsp3) is 0.190. The molecular formula is C21H20ClNO3. The molecular weight excluding hydrogens is 350 g/mol. The highest BCUT2D eigenvalue weighted by molar-refractivity contribution is 6.30. The highest BCUT2D eigenvalue weighted by Gasteiger charge is 2.14. The number of carbonyl (C=O) groups is 1. The molecule has 3 aromatic rings. The Kier molecular flexibility index (Phi) is 5.64. The second-order valence-corrected chi connectivity index (χ2v) is 6.42. The van der Waals surface area contributed by atoms with Crippen LogP contribution in [0.25, 0.3) is 10.8 Å². The molecule has 0 aliphatic carbocycles. The van der Waals surface area contributed by atoms with E-state index in [1.165, 1.54) is 0 Å². The maximum absolute atomic E-state index is 12.3. The van der Waals surface area contributed by atoms with Gasteiger partial charge in [0.25, 0.3) is 5.91 Å². The average Bonchev–Trinajstić information content (AvgIpc) is 2.67. The van der Waals surface area contributed by atoms with Crippen molar-refractivity contribution in [3.8, 4) is 11.5 Å². The molecule has 0 aliphatic rings. The molecule has 3 rings (SSSR count). The lowest BCUT2D eigenvalue weighted by Gasteiger charge is -2.15. The largest absolute Gasteiger partial charge is 0.497 e. The molecule has 0 spiro atoms. The van der Waals surface area contributed by atoms with Gasteiger partial charge in [0.15, 0.2) is 6.10 Å². The van der Waals surface area contributed by atoms with E-state index in [4.69, 9.17) is 21.1 Å². The van der Waals surface area contributed by atoms with Crippen molar-refractivity contribution in [2.75, 3.05) is 7.11 Å². The highest BCUT2D eigenvalue weighted by Crippen LogP contribution is 2.22. The fourth-order valence-corrected chi connectivity index (χ4v) is 2.74. The van der Waals surface area contributed by atoms with Crippen molar-refractivity contribution >= 4 is 28.3 Å². The minimum absolute atomic E-state index is 0.172. The number of amides is 1. The standard InChI is InChI=1S/C21H20ClNO3/c1-14(26-19-9-6-18(22)7-10-19)21(24)23-13-15-3-4-17-12-20(25-2)8-5-16(17)11-15/h3-12,14H,13H2,1-2H3,(H,23,24)/t14-/m0/s1. The van der Waals surface area contributed by atoms with Gasteiger partial charge in [-0.15, -0.1) is 0 Å². The summed E-state index contributed by atoms with van der Waals surface area (Å²) in [6.45, 7) is 2.16. The molecule has 0 fully saturated rings. The lowest BCUT2D eigenvalue weighted by Crippen LogP contribution is -2.35. The lowest BCUT2D eigenvalue weighted by atomic mass is 10.1. The van der Waals surface area contributed by atoms with Gasteiger partial charge in [-0.1, -0.05) is 29.8 Å². The first-order valence-electron chi connectivity index (χ1n) is 8.32. The zero-order valence-electron chi connectivity index (χ0n) is 14.7. The number of fused-ring (bicyclic) bond motifs is 1. The van der Waals surface area contributed by atoms with Crippen LogP contribution in [0.1, 0.15) is 12.5 Å². The van der Waals surface area contributed by atoms with Crippen molar-refractivity contribution in [1.82, 2.24) is 5.32 Å². The highest BCUT2D eigenvalue weighted by atomic mass is 35.5. The molecule has 1 amide bonds. The van der Waals surface area contributed by atoms with Crippen molar-refractivity contribution < 1.29 is 14.3 Å². The Morgan fingerprint density at radius 3 is 2.38 bits per heavy atom. The molecule has 4 nitrogen and oxygen atoms in total. The first-order chi connectivity index (χ1) is 12.5. The van der Waals surface area contributed by atoms with Crippen LogP contribution < -0.4 is 14.8 Å². The van der Waals surface area contributed by atoms with E-state index in [9.17, 15) is 4.79 Å². The maximum atomic E-state index is 12.3. The van der Waals surface area contributed by atoms with Gasteiger partial charge in [-0.25, -0.2) is 0 Å². The van der Waals surface area contributed by atoms with Crippen molar-refractivity contribution in [2.24, 2.45) is 0 Å². The molecule has 0 aromatic heterocycles. The zero-order chi connectivity index (χ0) is 18.5. The van der Waals surface area contributed by atoms with Gasteiger partial charge in [-0.2, -0.15) is 0 Å². The molecule has 0 unspecified atom stereocenters. The van der Waals surface area contributed by atoms with Crippen LogP contribution in [0, 0.1) is 0 Å². The molecule has 0 radical (unpaired) electrons. The van der Waals surface area contributed by atoms with Gasteiger partial charge in [0, 0.05) is 11.6 Å². The number of benzene rings is 3. The summed E-state index contributed by atoms with van der Waals surface area (Å²) in [6.07, 6.45) is -0.596. The summed E-state index contributed by atoms with van der Waals surface area (Å²) in [5.74, 6) is 1.26. The summed E-state index contributed by atoms with van der Waals surface area (Å²) in [4.78, 5) is 12.3. The van der Waals surface area contributed by atoms with Gasteiger partial charge in [0.2, 0.25) is 0 Å². The zero-order valence-corrected chi connectivity index (χ0v) is 15.4. The molecule has 0 aliphatic heterocycles. The van der Waals surface area contributed by atoms with E-state index in [0.29, 0.717) is 17.3 Å². The van der Waals surface area contributed by atoms with Crippen LogP contribution in [0.4, 0.5) is 0 Å². The number of carbonyl (C=O) groups excluding carboxylic acids is 1. The smallest absolute Gasteiger partial charge is 0.261 e. The predicted molar refractivity (Wildman–Crippen MR) is 104 cm³/mol. The number of rotatable bonds is 6. The van der Waals surface area contributed by atoms with E-state index in [-0.39, 0.29) is 5.91 Å². The summed E-state index contributed by atoms with van der Waals surface area (Å²) in [6, 6.07) is 18.9. The number of hydrogen-bond acceptors (Lipinski definition) is 3. The van der Waals surface area contributed by atoms with Crippen LogP contribution in [-0.4, -0.2) is 19.1 Å². The first-order valence-corrected chi connectivity index (χ1v) is 8.69. The minimum atomic E-state index is -0.596. The summed E-state index contributed by atoms with van der Waals surface area (Å²) in [5.41, 5.74) is 1.02. The van der Waals surface area contributed by atoms with Crippen molar-refractivity contribution in [3.63, 3.8) is 0 Å². The summed E-state index contributed by atoms with van der Waals surface area (Å²) in [7, 11) is 1.65. The molecule has 5 heteroatoms. The van der Waals surface area contributed by atoms with Gasteiger partial charge in [-0.05, 0) is 65.7 Å². The maximum Gasteiger partial charge on any atom is 0.261 e. The Labute approximate surface area is 157 Å². The van der Waals surface area contributed by atoms with Crippen molar-refractivity contribution in [2.45, 2.75) is 19.6 Å². The molecule has 3 aromatic carbocycles. The molecule has 134 valence electrons. The molecule has 1 N–H and O–H groups in total. The monoisotopic (exact) mass is 369 g/mol. The SMILES string of the molecule is COc1ccc2cc(CNC(=O)[C@H](C)Oc3ccc(Cl)cc3)ccc2c1. The number of methoxy groups -OCH3 is 1. The number of halogens is 1. The van der Waals surface area contributed by atoms with E-state index in [1.54, 1.807) is 38.3 Å². The van der Waals surface area contributed by atoms with E-state index >= 15 is 0 Å². The Hall–Kier alpha value is -2.72. The summed E-state index contributed by atoms with van der Waals surface area (Å²) >= 11 is 5.84. The molecule has 0 bridgehead atoms. The van der Waals surface area contributed by atoms with Crippen molar-refractivity contribution in [3.05, 3.63) is 71.2 Å². The van der Waals surface area contributed by atoms with E-state index < -0.39 is 6.10 Å². The third-order valence-electron chi connectivity index (χ3n) is 4.07. The van der Waals surface area contributed by atoms with Crippen LogP contribution in [0.2, 0.25) is 5.02 Å². The van der Waals surface area contributed by atoms with Crippen LogP contribution >= 0.6 is 11.6 Å². The normalized spacial score (nSPS) is 11.8. The molecule has 26 heavy (non-hydrogen) atoms. The van der Waals surface area contributed by atoms with Crippen molar-refractivity contribution in [1.29, 1.82) is 0 Å². The van der Waals surface area contributed by atoms with E-state index in [1.807, 2.05) is 30.3 Å². The van der Waals surface area contributed by atoms with Gasteiger partial charge in [0.1, 0.15) is 11.5 Å². The Morgan fingerprint density at radius 1 is 1.00 bits per heavy atom. The second-order valence-electron chi connectivity index (χ2n) is 5.98. The fourth-order valence-electron chi connectivity index (χ4n) is 2.61. The van der Waals surface area contributed by atoms with Crippen LogP contribution in [0.5, 0.6) is 11.5 Å². The van der Waals surface area contributed by atoms with Gasteiger partial charge in [-0.3, -0.25) is 4.79 Å². The Balaban J connectivity index is 1.59. The number of nitrogens with one attached hydrogen (secondary N) is 1. The van der Waals surface area contributed by atoms with E-state index in [2.05, 4.69) is 11.4 Å². The molecule has 0 saturated carbocycles. The predicted octanol–water partition coefficient (Wildman–Crippen LogP) is 4.59. The third kappa shape index (κ3) is 4.46. The van der Waals surface area contributed by atoms with Gasteiger partial charge in [0.05, 0.1) is 7.11 Å². The van der Waals surface area contributed by atoms with Gasteiger partial charge < -0.3 is 14.8 Å². The topological polar surface area (TPSA) is 47.6 Å². The number of hydrogen-bond donors (Lipinski definition) is 1.